The van der Waals surface area contributed by atoms with Crippen LogP contribution in [0.1, 0.15) is 24.8 Å². The minimum atomic E-state index is -0.224. The van der Waals surface area contributed by atoms with E-state index in [1.54, 1.807) is 6.07 Å². The molecular weight excluding hydrogens is 234 g/mol. The Labute approximate surface area is 99.4 Å². The molecule has 1 fully saturated rings. The van der Waals surface area contributed by atoms with E-state index in [4.69, 9.17) is 23.2 Å². The largest absolute Gasteiger partial charge is 0.207 e. The molecule has 0 unspecified atom stereocenters. The Hall–Kier alpha value is -0.270. The molecule has 1 aliphatic carbocycles. The Kier molecular flexibility index (Phi) is 3.22. The molecule has 0 radical (unpaired) electrons. The van der Waals surface area contributed by atoms with Gasteiger partial charge in [-0.25, -0.2) is 4.39 Å². The van der Waals surface area contributed by atoms with Gasteiger partial charge in [0.2, 0.25) is 0 Å². The monoisotopic (exact) mass is 246 g/mol. The van der Waals surface area contributed by atoms with Crippen molar-refractivity contribution in [3.8, 4) is 0 Å². The van der Waals surface area contributed by atoms with Crippen LogP contribution in [0.2, 0.25) is 5.02 Å². The van der Waals surface area contributed by atoms with Crippen molar-refractivity contribution in [3.05, 3.63) is 34.6 Å². The Balaban J connectivity index is 2.19. The van der Waals surface area contributed by atoms with Crippen LogP contribution in [-0.4, -0.2) is 5.88 Å². The van der Waals surface area contributed by atoms with E-state index in [0.717, 1.165) is 24.8 Å². The maximum Gasteiger partial charge on any atom is 0.123 e. The van der Waals surface area contributed by atoms with Gasteiger partial charge in [0, 0.05) is 10.9 Å². The second-order valence-electron chi connectivity index (χ2n) is 4.40. The lowest BCUT2D eigenvalue weighted by Gasteiger charge is -2.40. The van der Waals surface area contributed by atoms with E-state index in [1.165, 1.54) is 18.6 Å². The van der Waals surface area contributed by atoms with Crippen LogP contribution in [0.25, 0.3) is 0 Å². The number of hydrogen-bond donors (Lipinski definition) is 0. The lowest BCUT2D eigenvalue weighted by molar-refractivity contribution is 0.166. The van der Waals surface area contributed by atoms with Crippen molar-refractivity contribution in [1.82, 2.24) is 0 Å². The summed E-state index contributed by atoms with van der Waals surface area (Å²) in [7, 11) is 0. The lowest BCUT2D eigenvalue weighted by Crippen LogP contribution is -2.33. The second-order valence-corrected chi connectivity index (χ2v) is 5.07. The predicted octanol–water partition coefficient (Wildman–Crippen LogP) is 4.43. The van der Waals surface area contributed by atoms with Gasteiger partial charge in [-0.1, -0.05) is 18.0 Å². The van der Waals surface area contributed by atoms with Gasteiger partial charge < -0.3 is 0 Å². The maximum atomic E-state index is 13.1. The molecule has 2 rings (SSSR count). The van der Waals surface area contributed by atoms with Crippen LogP contribution in [0.5, 0.6) is 0 Å². The van der Waals surface area contributed by atoms with Crippen LogP contribution < -0.4 is 0 Å². The fourth-order valence-corrected chi connectivity index (χ4v) is 2.66. The Morgan fingerprint density at radius 2 is 2.07 bits per heavy atom. The summed E-state index contributed by atoms with van der Waals surface area (Å²) in [6.07, 6.45) is 4.28. The van der Waals surface area contributed by atoms with Gasteiger partial charge in [0.25, 0.3) is 0 Å². The first-order chi connectivity index (χ1) is 7.15. The van der Waals surface area contributed by atoms with Crippen molar-refractivity contribution in [1.29, 1.82) is 0 Å². The minimum absolute atomic E-state index is 0.166. The molecule has 0 nitrogen and oxygen atoms in total. The van der Waals surface area contributed by atoms with E-state index < -0.39 is 0 Å². The van der Waals surface area contributed by atoms with Crippen molar-refractivity contribution in [2.24, 2.45) is 5.41 Å². The molecule has 0 bridgehead atoms. The first-order valence-electron chi connectivity index (χ1n) is 5.15. The molecule has 1 aromatic carbocycles. The van der Waals surface area contributed by atoms with Gasteiger partial charge in [0.15, 0.2) is 0 Å². The lowest BCUT2D eigenvalue weighted by atomic mass is 9.67. The molecule has 0 aromatic heterocycles. The van der Waals surface area contributed by atoms with E-state index in [2.05, 4.69) is 0 Å². The standard InChI is InChI=1S/C12H13Cl2F/c13-8-12(4-1-5-12)7-9-6-10(15)2-3-11(9)14/h2-3,6H,1,4-5,7-8H2. The van der Waals surface area contributed by atoms with Crippen LogP contribution in [0, 0.1) is 11.2 Å². The van der Waals surface area contributed by atoms with Gasteiger partial charge in [-0.3, -0.25) is 0 Å². The molecule has 1 saturated carbocycles. The fraction of sp³-hybridized carbons (Fsp3) is 0.500. The van der Waals surface area contributed by atoms with Gasteiger partial charge in [-0.15, -0.1) is 11.6 Å². The average molecular weight is 247 g/mol. The molecule has 1 aromatic rings. The number of rotatable bonds is 3. The van der Waals surface area contributed by atoms with Crippen LogP contribution in [0.15, 0.2) is 18.2 Å². The molecule has 15 heavy (non-hydrogen) atoms. The SMILES string of the molecule is Fc1ccc(Cl)c(CC2(CCl)CCC2)c1. The van der Waals surface area contributed by atoms with Crippen molar-refractivity contribution < 1.29 is 4.39 Å². The summed E-state index contributed by atoms with van der Waals surface area (Å²) in [5.74, 6) is 0.415. The first-order valence-corrected chi connectivity index (χ1v) is 6.06. The normalized spacial score (nSPS) is 18.6. The topological polar surface area (TPSA) is 0 Å². The van der Waals surface area contributed by atoms with E-state index >= 15 is 0 Å². The highest BCUT2D eigenvalue weighted by atomic mass is 35.5. The molecule has 0 atom stereocenters. The zero-order valence-electron chi connectivity index (χ0n) is 8.40. The van der Waals surface area contributed by atoms with Gasteiger partial charge >= 0.3 is 0 Å². The molecule has 3 heteroatoms. The Morgan fingerprint density at radius 1 is 1.33 bits per heavy atom. The molecule has 0 saturated heterocycles. The zero-order valence-corrected chi connectivity index (χ0v) is 9.91. The van der Waals surface area contributed by atoms with E-state index in [9.17, 15) is 4.39 Å². The van der Waals surface area contributed by atoms with Gasteiger partial charge in [-0.05, 0) is 48.4 Å². The average Bonchev–Trinajstić information content (AvgIpc) is 2.17. The van der Waals surface area contributed by atoms with Crippen LogP contribution in [0.3, 0.4) is 0 Å². The highest BCUT2D eigenvalue weighted by Gasteiger charge is 2.36. The van der Waals surface area contributed by atoms with E-state index in [0.29, 0.717) is 10.9 Å². The molecular formula is C12H13Cl2F. The third-order valence-electron chi connectivity index (χ3n) is 3.27. The zero-order chi connectivity index (χ0) is 10.9. The first kappa shape index (κ1) is 11.2. The molecule has 1 aliphatic rings. The number of hydrogen-bond acceptors (Lipinski definition) is 0. The molecule has 0 amide bonds. The number of benzene rings is 1. The summed E-state index contributed by atoms with van der Waals surface area (Å²) in [6, 6.07) is 4.53. The van der Waals surface area contributed by atoms with Gasteiger partial charge in [0.1, 0.15) is 5.82 Å². The summed E-state index contributed by atoms with van der Waals surface area (Å²) in [5.41, 5.74) is 1.05. The smallest absolute Gasteiger partial charge is 0.123 e. The van der Waals surface area contributed by atoms with Crippen LogP contribution in [-0.2, 0) is 6.42 Å². The predicted molar refractivity (Wildman–Crippen MR) is 62.1 cm³/mol. The quantitative estimate of drug-likeness (QED) is 0.693. The van der Waals surface area contributed by atoms with Gasteiger partial charge in [-0.2, -0.15) is 0 Å². The van der Waals surface area contributed by atoms with Crippen molar-refractivity contribution >= 4 is 23.2 Å². The summed E-state index contributed by atoms with van der Waals surface area (Å²) < 4.78 is 13.1. The van der Waals surface area contributed by atoms with Crippen molar-refractivity contribution in [2.75, 3.05) is 5.88 Å². The highest BCUT2D eigenvalue weighted by Crippen LogP contribution is 2.45. The maximum absolute atomic E-state index is 13.1. The van der Waals surface area contributed by atoms with Gasteiger partial charge in [0.05, 0.1) is 0 Å². The van der Waals surface area contributed by atoms with E-state index in [-0.39, 0.29) is 11.2 Å². The molecule has 0 N–H and O–H groups in total. The number of alkyl halides is 1. The minimum Gasteiger partial charge on any atom is -0.207 e. The number of halogens is 3. The second kappa shape index (κ2) is 4.31. The molecule has 0 aliphatic heterocycles. The van der Waals surface area contributed by atoms with Crippen LogP contribution >= 0.6 is 23.2 Å². The molecule has 0 heterocycles. The third kappa shape index (κ3) is 2.29. The summed E-state index contributed by atoms with van der Waals surface area (Å²) >= 11 is 12.0. The summed E-state index contributed by atoms with van der Waals surface area (Å²) in [4.78, 5) is 0. The van der Waals surface area contributed by atoms with Crippen LogP contribution in [0.4, 0.5) is 4.39 Å². The third-order valence-corrected chi connectivity index (χ3v) is 4.21. The Morgan fingerprint density at radius 3 is 2.60 bits per heavy atom. The van der Waals surface area contributed by atoms with Crippen molar-refractivity contribution in [2.45, 2.75) is 25.7 Å². The Bertz CT molecular complexity index is 353. The summed E-state index contributed by atoms with van der Waals surface area (Å²) in [6.45, 7) is 0. The van der Waals surface area contributed by atoms with Crippen molar-refractivity contribution in [3.63, 3.8) is 0 Å². The highest BCUT2D eigenvalue weighted by molar-refractivity contribution is 6.31. The molecule has 82 valence electrons. The summed E-state index contributed by atoms with van der Waals surface area (Å²) in [5, 5.41) is 0.646. The molecule has 0 spiro atoms. The fourth-order valence-electron chi connectivity index (χ4n) is 2.12. The van der Waals surface area contributed by atoms with E-state index in [1.807, 2.05) is 0 Å².